The quantitative estimate of drug-likeness (QED) is 0.711. The lowest BCUT2D eigenvalue weighted by molar-refractivity contribution is 0.565. The maximum Gasteiger partial charge on any atom is 0.225 e. The number of anilines is 2. The van der Waals surface area contributed by atoms with Gasteiger partial charge in [-0.1, -0.05) is 11.8 Å². The van der Waals surface area contributed by atoms with Gasteiger partial charge in [0.1, 0.15) is 5.82 Å². The van der Waals surface area contributed by atoms with Gasteiger partial charge in [0.15, 0.2) is 0 Å². The van der Waals surface area contributed by atoms with Crippen molar-refractivity contribution in [1.82, 2.24) is 35.2 Å². The lowest BCUT2D eigenvalue weighted by Crippen LogP contribution is -2.06. The second-order valence-electron chi connectivity index (χ2n) is 3.89. The summed E-state index contributed by atoms with van der Waals surface area (Å²) in [4.78, 5) is 11.7. The summed E-state index contributed by atoms with van der Waals surface area (Å²) in [6.07, 6.45) is 2.26. The molecule has 1 fully saturated rings. The number of aromatic nitrogens is 7. The fourth-order valence-corrected chi connectivity index (χ4v) is 2.28. The van der Waals surface area contributed by atoms with E-state index in [9.17, 15) is 0 Å². The average molecular weight is 265 g/mol. The van der Waals surface area contributed by atoms with Gasteiger partial charge in [0, 0.05) is 0 Å². The Balaban J connectivity index is 1.71. The van der Waals surface area contributed by atoms with Gasteiger partial charge in [-0.05, 0) is 23.3 Å². The van der Waals surface area contributed by atoms with E-state index < -0.39 is 0 Å². The first kappa shape index (κ1) is 11.1. The molecule has 0 aromatic carbocycles. The SMILES string of the molecule is Nc1nc(N)nc(CSc2nnnn2C2CC2)n1. The summed E-state index contributed by atoms with van der Waals surface area (Å²) in [6.45, 7) is 0. The van der Waals surface area contributed by atoms with Crippen molar-refractivity contribution in [3.63, 3.8) is 0 Å². The van der Waals surface area contributed by atoms with Crippen molar-refractivity contribution < 1.29 is 0 Å². The van der Waals surface area contributed by atoms with Gasteiger partial charge in [-0.25, -0.2) is 4.68 Å². The van der Waals surface area contributed by atoms with Crippen molar-refractivity contribution in [3.8, 4) is 0 Å². The van der Waals surface area contributed by atoms with E-state index in [4.69, 9.17) is 11.5 Å². The minimum absolute atomic E-state index is 0.125. The zero-order valence-corrected chi connectivity index (χ0v) is 10.2. The van der Waals surface area contributed by atoms with Crippen molar-refractivity contribution in [2.75, 3.05) is 11.5 Å². The predicted octanol–water partition coefficient (Wildman–Crippen LogP) is -0.350. The van der Waals surface area contributed by atoms with Crippen molar-refractivity contribution >= 4 is 23.7 Å². The standard InChI is InChI=1S/C8H11N9S/c9-6-11-5(12-7(10)13-6)3-18-8-14-15-16-17(8)4-1-2-4/h4H,1-3H2,(H4,9,10,11,12,13). The predicted molar refractivity (Wildman–Crippen MR) is 64.3 cm³/mol. The summed E-state index contributed by atoms with van der Waals surface area (Å²) >= 11 is 1.46. The van der Waals surface area contributed by atoms with Gasteiger partial charge >= 0.3 is 0 Å². The lowest BCUT2D eigenvalue weighted by Gasteiger charge is -2.02. The average Bonchev–Trinajstić information content (AvgIpc) is 3.05. The first-order chi connectivity index (χ1) is 8.72. The Hall–Kier alpha value is -1.97. The highest BCUT2D eigenvalue weighted by Crippen LogP contribution is 2.36. The van der Waals surface area contributed by atoms with Crippen LogP contribution in [0.15, 0.2) is 5.16 Å². The van der Waals surface area contributed by atoms with E-state index >= 15 is 0 Å². The zero-order valence-electron chi connectivity index (χ0n) is 9.39. The summed E-state index contributed by atoms with van der Waals surface area (Å²) in [7, 11) is 0. The maximum absolute atomic E-state index is 5.50. The van der Waals surface area contributed by atoms with Crippen LogP contribution in [-0.4, -0.2) is 35.2 Å². The van der Waals surface area contributed by atoms with E-state index in [0.29, 0.717) is 17.6 Å². The minimum Gasteiger partial charge on any atom is -0.368 e. The molecule has 0 bridgehead atoms. The Morgan fingerprint density at radius 3 is 2.56 bits per heavy atom. The molecule has 0 saturated heterocycles. The van der Waals surface area contributed by atoms with Crippen LogP contribution in [0.25, 0.3) is 0 Å². The molecule has 2 aromatic heterocycles. The van der Waals surface area contributed by atoms with Gasteiger partial charge in [-0.3, -0.25) is 0 Å². The molecule has 0 aliphatic heterocycles. The highest BCUT2D eigenvalue weighted by atomic mass is 32.2. The highest BCUT2D eigenvalue weighted by molar-refractivity contribution is 7.98. The number of nitrogens with two attached hydrogens (primary N) is 2. The molecule has 18 heavy (non-hydrogen) atoms. The Kier molecular flexibility index (Phi) is 2.70. The number of rotatable bonds is 4. The molecule has 0 amide bonds. The second kappa shape index (κ2) is 4.37. The van der Waals surface area contributed by atoms with E-state index in [1.807, 2.05) is 4.68 Å². The molecule has 0 radical (unpaired) electrons. The van der Waals surface area contributed by atoms with Crippen LogP contribution in [0.5, 0.6) is 0 Å². The third kappa shape index (κ3) is 2.32. The van der Waals surface area contributed by atoms with Crippen LogP contribution in [0.3, 0.4) is 0 Å². The molecule has 1 aliphatic carbocycles. The first-order valence-corrected chi connectivity index (χ1v) is 6.37. The highest BCUT2D eigenvalue weighted by Gasteiger charge is 2.27. The van der Waals surface area contributed by atoms with Gasteiger partial charge in [0.2, 0.25) is 17.1 Å². The molecule has 1 aliphatic rings. The van der Waals surface area contributed by atoms with Crippen molar-refractivity contribution in [2.24, 2.45) is 0 Å². The first-order valence-electron chi connectivity index (χ1n) is 5.39. The Labute approximate surface area is 106 Å². The van der Waals surface area contributed by atoms with Gasteiger partial charge in [-0.2, -0.15) is 15.0 Å². The van der Waals surface area contributed by atoms with Gasteiger partial charge < -0.3 is 11.5 Å². The van der Waals surface area contributed by atoms with Crippen molar-refractivity contribution in [2.45, 2.75) is 29.8 Å². The minimum atomic E-state index is 0.125. The normalized spacial score (nSPS) is 14.9. The molecular weight excluding hydrogens is 254 g/mol. The summed E-state index contributed by atoms with van der Waals surface area (Å²) in [6, 6.07) is 0.441. The zero-order chi connectivity index (χ0) is 12.5. The molecule has 9 nitrogen and oxygen atoms in total. The van der Waals surface area contributed by atoms with E-state index in [-0.39, 0.29) is 11.9 Å². The molecular formula is C8H11N9S. The molecule has 1 saturated carbocycles. The molecule has 94 valence electrons. The molecule has 0 spiro atoms. The van der Waals surface area contributed by atoms with Crippen LogP contribution in [0, 0.1) is 0 Å². The second-order valence-corrected chi connectivity index (χ2v) is 4.84. The number of hydrogen-bond acceptors (Lipinski definition) is 9. The van der Waals surface area contributed by atoms with Gasteiger partial charge in [0.05, 0.1) is 11.8 Å². The summed E-state index contributed by atoms with van der Waals surface area (Å²) in [5.74, 6) is 1.28. The number of tetrazole rings is 1. The smallest absolute Gasteiger partial charge is 0.225 e. The van der Waals surface area contributed by atoms with Crippen LogP contribution in [0.1, 0.15) is 24.7 Å². The molecule has 3 rings (SSSR count). The Bertz CT molecular complexity index is 543. The topological polar surface area (TPSA) is 134 Å². The molecule has 2 heterocycles. The lowest BCUT2D eigenvalue weighted by atomic mass is 10.7. The summed E-state index contributed by atoms with van der Waals surface area (Å²) < 4.78 is 1.83. The van der Waals surface area contributed by atoms with Crippen LogP contribution < -0.4 is 11.5 Å². The number of hydrogen-bond donors (Lipinski definition) is 2. The van der Waals surface area contributed by atoms with E-state index in [1.165, 1.54) is 11.8 Å². The molecule has 2 aromatic rings. The largest absolute Gasteiger partial charge is 0.368 e. The Morgan fingerprint density at radius 1 is 1.17 bits per heavy atom. The third-order valence-corrected chi connectivity index (χ3v) is 3.33. The maximum atomic E-state index is 5.50. The fourth-order valence-electron chi connectivity index (χ4n) is 1.48. The van der Waals surface area contributed by atoms with Crippen LogP contribution >= 0.6 is 11.8 Å². The molecule has 0 atom stereocenters. The monoisotopic (exact) mass is 265 g/mol. The summed E-state index contributed by atoms with van der Waals surface area (Å²) in [5.41, 5.74) is 11.0. The number of nitrogens with zero attached hydrogens (tertiary/aromatic N) is 7. The molecule has 0 unspecified atom stereocenters. The van der Waals surface area contributed by atoms with E-state index in [2.05, 4.69) is 30.5 Å². The molecule has 10 heteroatoms. The van der Waals surface area contributed by atoms with E-state index in [0.717, 1.165) is 18.0 Å². The molecule has 4 N–H and O–H groups in total. The van der Waals surface area contributed by atoms with Crippen molar-refractivity contribution in [1.29, 1.82) is 0 Å². The van der Waals surface area contributed by atoms with Gasteiger partial charge in [-0.15, -0.1) is 5.10 Å². The van der Waals surface area contributed by atoms with Crippen LogP contribution in [0.4, 0.5) is 11.9 Å². The van der Waals surface area contributed by atoms with Gasteiger partial charge in [0.25, 0.3) is 0 Å². The summed E-state index contributed by atoms with van der Waals surface area (Å²) in [5, 5.41) is 12.4. The Morgan fingerprint density at radius 2 is 1.89 bits per heavy atom. The number of nitrogen functional groups attached to an aromatic ring is 2. The third-order valence-electron chi connectivity index (χ3n) is 2.40. The van der Waals surface area contributed by atoms with Crippen molar-refractivity contribution in [3.05, 3.63) is 5.82 Å². The van der Waals surface area contributed by atoms with Crippen LogP contribution in [0.2, 0.25) is 0 Å². The number of thioether (sulfide) groups is 1. The van der Waals surface area contributed by atoms with Crippen LogP contribution in [-0.2, 0) is 5.75 Å². The van der Waals surface area contributed by atoms with E-state index in [1.54, 1.807) is 0 Å². The fraction of sp³-hybridized carbons (Fsp3) is 0.500.